The molecule has 1 aliphatic heterocycles. The summed E-state index contributed by atoms with van der Waals surface area (Å²) in [4.78, 5) is 95.2. The van der Waals surface area contributed by atoms with E-state index in [1.165, 1.54) is 122 Å². The molecule has 0 spiro atoms. The molecule has 7 amide bonds. The number of aromatic hydroxyl groups is 2. The summed E-state index contributed by atoms with van der Waals surface area (Å²) in [6.07, 6.45) is 15.4. The summed E-state index contributed by atoms with van der Waals surface area (Å²) in [7, 11) is 4.14. The minimum absolute atomic E-state index is 0.0198. The Labute approximate surface area is 377 Å². The van der Waals surface area contributed by atoms with Gasteiger partial charge in [-0.15, -0.1) is 0 Å². The Kier molecular flexibility index (Phi) is 22.0. The van der Waals surface area contributed by atoms with Crippen LogP contribution in [0.3, 0.4) is 0 Å². The highest BCUT2D eigenvalue weighted by atomic mass is 16.3. The maximum atomic E-state index is 14.0. The second kappa shape index (κ2) is 26.8. The maximum absolute atomic E-state index is 14.0. The third-order valence-electron chi connectivity index (χ3n) is 11.8. The molecule has 1 heterocycles. The maximum Gasteiger partial charge on any atom is 0.248 e. The molecule has 0 radical (unpaired) electrons. The standard InChI is InChI=1S/C47H71N7O10/c1-7-8-9-10-11-12-13-14-15-16-17-18-19-20-40(58)53(5)37(29-55)46(63)50-30(2)43(60)49-28-41(59)54(6)42-33-22-24-39(57)35(27-33)34-25-32(21-23-38(34)56)26-36(45(62)48-4)52-44(61)31(3)51-47(42)64/h21-25,27,30-31,36-37,42,55-57H,7-20,26,28-29H2,1-6H3,(H,48,62)(H,49,60)(H,50,63)(H,51,64)(H,52,61)/t30-,31+,36+,37-,42+/m1/s1. The van der Waals surface area contributed by atoms with E-state index < -0.39 is 78.8 Å². The van der Waals surface area contributed by atoms with Gasteiger partial charge in [0.1, 0.15) is 41.7 Å². The van der Waals surface area contributed by atoms with Gasteiger partial charge in [0, 0.05) is 45.1 Å². The highest BCUT2D eigenvalue weighted by Crippen LogP contribution is 2.38. The van der Waals surface area contributed by atoms with Crippen molar-refractivity contribution in [3.8, 4) is 22.6 Å². The van der Waals surface area contributed by atoms with Crippen molar-refractivity contribution in [3.63, 3.8) is 0 Å². The van der Waals surface area contributed by atoms with Crippen LogP contribution < -0.4 is 26.6 Å². The molecule has 0 saturated heterocycles. The molecule has 2 aromatic carbocycles. The first-order valence-corrected chi connectivity index (χ1v) is 22.7. The zero-order chi connectivity index (χ0) is 47.3. The number of fused-ring (bicyclic) bond motifs is 5. The second-order valence-corrected chi connectivity index (χ2v) is 16.8. The first kappa shape index (κ1) is 52.6. The number of benzene rings is 2. The number of nitrogens with zero attached hydrogens (tertiary/aromatic N) is 2. The van der Waals surface area contributed by atoms with E-state index in [1.807, 2.05) is 0 Å². The predicted octanol–water partition coefficient (Wildman–Crippen LogP) is 3.48. The van der Waals surface area contributed by atoms with Crippen LogP contribution in [0.4, 0.5) is 0 Å². The van der Waals surface area contributed by atoms with Crippen molar-refractivity contribution in [1.29, 1.82) is 0 Å². The number of unbranched alkanes of at least 4 members (excludes halogenated alkanes) is 12. The topological polar surface area (TPSA) is 247 Å². The highest BCUT2D eigenvalue weighted by Gasteiger charge is 2.34. The van der Waals surface area contributed by atoms with Crippen LogP contribution in [0.25, 0.3) is 11.1 Å². The molecule has 17 heteroatoms. The third kappa shape index (κ3) is 15.8. The predicted molar refractivity (Wildman–Crippen MR) is 243 cm³/mol. The smallest absolute Gasteiger partial charge is 0.248 e. The van der Waals surface area contributed by atoms with Crippen LogP contribution >= 0.6 is 0 Å². The molecular weight excluding hydrogens is 823 g/mol. The van der Waals surface area contributed by atoms with Crippen molar-refractivity contribution in [3.05, 3.63) is 47.5 Å². The average molecular weight is 894 g/mol. The largest absolute Gasteiger partial charge is 0.507 e. The molecule has 0 aromatic heterocycles. The van der Waals surface area contributed by atoms with Crippen molar-refractivity contribution in [1.82, 2.24) is 36.4 Å². The van der Waals surface area contributed by atoms with E-state index in [1.54, 1.807) is 12.1 Å². The van der Waals surface area contributed by atoms with Crippen LogP contribution in [0, 0.1) is 0 Å². The van der Waals surface area contributed by atoms with Gasteiger partial charge in [0.15, 0.2) is 0 Å². The van der Waals surface area contributed by atoms with Gasteiger partial charge in [-0.25, -0.2) is 0 Å². The molecule has 64 heavy (non-hydrogen) atoms. The molecule has 0 unspecified atom stereocenters. The van der Waals surface area contributed by atoms with Gasteiger partial charge in [-0.1, -0.05) is 96.1 Å². The molecule has 354 valence electrons. The number of carbonyl (C=O) groups excluding carboxylic acids is 7. The Morgan fingerprint density at radius 2 is 1.33 bits per heavy atom. The van der Waals surface area contributed by atoms with Crippen LogP contribution in [-0.4, -0.2) is 125 Å². The Bertz CT molecular complexity index is 1910. The molecule has 5 atom stereocenters. The number of phenolic OH excluding ortho intramolecular Hbond substituents is 2. The highest BCUT2D eigenvalue weighted by molar-refractivity contribution is 5.96. The van der Waals surface area contributed by atoms with E-state index in [2.05, 4.69) is 33.5 Å². The summed E-state index contributed by atoms with van der Waals surface area (Å²) >= 11 is 0. The molecule has 17 nitrogen and oxygen atoms in total. The fourth-order valence-electron chi connectivity index (χ4n) is 7.68. The van der Waals surface area contributed by atoms with Gasteiger partial charge in [0.25, 0.3) is 0 Å². The minimum Gasteiger partial charge on any atom is -0.507 e. The van der Waals surface area contributed by atoms with E-state index in [-0.39, 0.29) is 46.9 Å². The van der Waals surface area contributed by atoms with Crippen LogP contribution in [-0.2, 0) is 40.0 Å². The zero-order valence-corrected chi connectivity index (χ0v) is 38.5. The summed E-state index contributed by atoms with van der Waals surface area (Å²) in [6.45, 7) is 3.70. The van der Waals surface area contributed by atoms with Gasteiger partial charge in [-0.2, -0.15) is 0 Å². The number of likely N-dealkylation sites (N-methyl/N-ethyl adjacent to an activating group) is 3. The quantitative estimate of drug-likeness (QED) is 0.0755. The van der Waals surface area contributed by atoms with Gasteiger partial charge in [0.05, 0.1) is 13.2 Å². The Morgan fingerprint density at radius 3 is 1.91 bits per heavy atom. The van der Waals surface area contributed by atoms with Crippen molar-refractivity contribution < 1.29 is 48.9 Å². The molecular formula is C47H71N7O10. The van der Waals surface area contributed by atoms with Crippen LogP contribution in [0.1, 0.15) is 128 Å². The van der Waals surface area contributed by atoms with Crippen molar-refractivity contribution in [2.24, 2.45) is 0 Å². The van der Waals surface area contributed by atoms with E-state index >= 15 is 0 Å². The van der Waals surface area contributed by atoms with Crippen LogP contribution in [0.2, 0.25) is 0 Å². The molecule has 0 saturated carbocycles. The zero-order valence-electron chi connectivity index (χ0n) is 38.5. The first-order chi connectivity index (χ1) is 30.5. The fourth-order valence-corrected chi connectivity index (χ4v) is 7.68. The number of phenols is 2. The molecule has 8 N–H and O–H groups in total. The number of rotatable bonds is 23. The van der Waals surface area contributed by atoms with Crippen LogP contribution in [0.5, 0.6) is 11.5 Å². The SMILES string of the molecule is CCCCCCCCCCCCCCCC(=O)N(C)[C@H](CO)C(=O)N[C@H](C)C(=O)NCC(=O)N(C)[C@@H]1C(=O)N[C@@H](C)C(=O)N[C@H](C(=O)NC)Cc2ccc(O)c(c2)-c2cc1ccc2O. The van der Waals surface area contributed by atoms with Gasteiger partial charge in [-0.3, -0.25) is 33.6 Å². The van der Waals surface area contributed by atoms with Gasteiger partial charge in [0.2, 0.25) is 41.4 Å². The normalized spacial score (nSPS) is 17.1. The Morgan fingerprint density at radius 1 is 0.766 bits per heavy atom. The Balaban J connectivity index is 1.61. The molecule has 4 bridgehead atoms. The summed E-state index contributed by atoms with van der Waals surface area (Å²) in [5.41, 5.74) is 1.01. The minimum atomic E-state index is -1.43. The third-order valence-corrected chi connectivity index (χ3v) is 11.8. The molecule has 3 rings (SSSR count). The lowest BCUT2D eigenvalue weighted by Crippen LogP contribution is -2.55. The first-order valence-electron chi connectivity index (χ1n) is 22.7. The fraction of sp³-hybridized carbons (Fsp3) is 0.596. The molecule has 0 aliphatic carbocycles. The monoisotopic (exact) mass is 894 g/mol. The van der Waals surface area contributed by atoms with Crippen molar-refractivity contribution in [2.75, 3.05) is 34.3 Å². The summed E-state index contributed by atoms with van der Waals surface area (Å²) < 4.78 is 0. The van der Waals surface area contributed by atoms with E-state index in [0.29, 0.717) is 12.0 Å². The summed E-state index contributed by atoms with van der Waals surface area (Å²) in [6, 6.07) is 2.50. The average Bonchev–Trinajstić information content (AvgIpc) is 3.27. The second-order valence-electron chi connectivity index (χ2n) is 16.8. The summed E-state index contributed by atoms with van der Waals surface area (Å²) in [5.74, 6) is -5.06. The number of nitrogens with one attached hydrogen (secondary N) is 5. The molecule has 0 fully saturated rings. The lowest BCUT2D eigenvalue weighted by molar-refractivity contribution is -0.142. The van der Waals surface area contributed by atoms with Gasteiger partial charge in [-0.05, 0) is 55.7 Å². The van der Waals surface area contributed by atoms with E-state index in [0.717, 1.165) is 24.2 Å². The number of hydrogen-bond donors (Lipinski definition) is 8. The molecule has 1 aliphatic rings. The number of aliphatic hydroxyl groups is 1. The number of amides is 7. The number of aliphatic hydroxyl groups excluding tert-OH is 1. The Hall–Kier alpha value is -5.71. The molecule has 2 aromatic rings. The van der Waals surface area contributed by atoms with E-state index in [4.69, 9.17) is 0 Å². The van der Waals surface area contributed by atoms with E-state index in [9.17, 15) is 48.9 Å². The number of hydrogen-bond acceptors (Lipinski definition) is 10. The van der Waals surface area contributed by atoms with Crippen molar-refractivity contribution >= 4 is 41.4 Å². The summed E-state index contributed by atoms with van der Waals surface area (Å²) in [5, 5.41) is 44.5. The van der Waals surface area contributed by atoms with Gasteiger partial charge >= 0.3 is 0 Å². The lowest BCUT2D eigenvalue weighted by Gasteiger charge is -2.30. The van der Waals surface area contributed by atoms with Crippen LogP contribution in [0.15, 0.2) is 36.4 Å². The number of carbonyl (C=O) groups is 7. The van der Waals surface area contributed by atoms with Crippen molar-refractivity contribution in [2.45, 2.75) is 147 Å². The lowest BCUT2D eigenvalue weighted by atomic mass is 9.93. The van der Waals surface area contributed by atoms with Gasteiger partial charge < -0.3 is 51.7 Å².